The number of anilines is 2. The number of aromatic nitrogens is 2. The van der Waals surface area contributed by atoms with Crippen molar-refractivity contribution in [3.63, 3.8) is 0 Å². The van der Waals surface area contributed by atoms with Gasteiger partial charge in [0.1, 0.15) is 18.0 Å². The van der Waals surface area contributed by atoms with Crippen LogP contribution in [-0.2, 0) is 4.79 Å². The van der Waals surface area contributed by atoms with Crippen molar-refractivity contribution >= 4 is 17.5 Å². The molecule has 0 aliphatic heterocycles. The van der Waals surface area contributed by atoms with Gasteiger partial charge < -0.3 is 15.5 Å². The first-order valence-corrected chi connectivity index (χ1v) is 7.03. The molecule has 0 fully saturated rings. The molecular weight excluding hydrogens is 254 g/mol. The molecule has 0 radical (unpaired) electrons. The van der Waals surface area contributed by atoms with E-state index in [2.05, 4.69) is 41.4 Å². The van der Waals surface area contributed by atoms with Crippen molar-refractivity contribution in [3.05, 3.63) is 11.9 Å². The Labute approximate surface area is 121 Å². The Bertz CT molecular complexity index is 447. The molecule has 0 aliphatic rings. The highest BCUT2D eigenvalue weighted by Gasteiger charge is 2.20. The Kier molecular flexibility index (Phi) is 6.21. The quantitative estimate of drug-likeness (QED) is 0.793. The zero-order valence-corrected chi connectivity index (χ0v) is 13.0. The van der Waals surface area contributed by atoms with Crippen LogP contribution in [0.25, 0.3) is 0 Å². The van der Waals surface area contributed by atoms with Gasteiger partial charge in [-0.3, -0.25) is 4.79 Å². The summed E-state index contributed by atoms with van der Waals surface area (Å²) in [7, 11) is 3.50. The van der Waals surface area contributed by atoms with E-state index < -0.39 is 0 Å². The molecule has 0 unspecified atom stereocenters. The molecule has 112 valence electrons. The number of nitrogens with one attached hydrogen (secondary N) is 2. The summed E-state index contributed by atoms with van der Waals surface area (Å²) >= 11 is 0. The van der Waals surface area contributed by atoms with Gasteiger partial charge in [-0.25, -0.2) is 9.97 Å². The van der Waals surface area contributed by atoms with Gasteiger partial charge in [0.25, 0.3) is 0 Å². The lowest BCUT2D eigenvalue weighted by molar-refractivity contribution is -0.119. The zero-order chi connectivity index (χ0) is 15.1. The lowest BCUT2D eigenvalue weighted by Crippen LogP contribution is -2.37. The summed E-state index contributed by atoms with van der Waals surface area (Å²) in [6.45, 7) is 7.39. The highest BCUT2D eigenvalue weighted by Crippen LogP contribution is 2.30. The van der Waals surface area contributed by atoms with E-state index in [9.17, 15) is 4.79 Å². The SMILES string of the molecule is CCCN(CC(=O)NC)c1ncnc(NC)c1C(C)C. The molecule has 0 aliphatic carbocycles. The van der Waals surface area contributed by atoms with Crippen LogP contribution in [0, 0.1) is 0 Å². The van der Waals surface area contributed by atoms with Crippen molar-refractivity contribution in [1.82, 2.24) is 15.3 Å². The largest absolute Gasteiger partial charge is 0.373 e. The fourth-order valence-electron chi connectivity index (χ4n) is 2.15. The second-order valence-electron chi connectivity index (χ2n) is 4.96. The van der Waals surface area contributed by atoms with Crippen LogP contribution in [0.15, 0.2) is 6.33 Å². The Hall–Kier alpha value is -1.85. The van der Waals surface area contributed by atoms with Gasteiger partial charge in [0.15, 0.2) is 0 Å². The molecule has 1 amide bonds. The molecule has 0 bridgehead atoms. The van der Waals surface area contributed by atoms with Crippen LogP contribution in [0.2, 0.25) is 0 Å². The van der Waals surface area contributed by atoms with Crippen molar-refractivity contribution < 1.29 is 4.79 Å². The summed E-state index contributed by atoms with van der Waals surface area (Å²) in [5.74, 6) is 1.92. The number of carbonyl (C=O) groups is 1. The lowest BCUT2D eigenvalue weighted by Gasteiger charge is -2.26. The molecule has 1 aromatic rings. The second-order valence-corrected chi connectivity index (χ2v) is 4.96. The van der Waals surface area contributed by atoms with Gasteiger partial charge >= 0.3 is 0 Å². The van der Waals surface area contributed by atoms with Crippen molar-refractivity contribution in [1.29, 1.82) is 0 Å². The Balaban J connectivity index is 3.21. The van der Waals surface area contributed by atoms with Crippen molar-refractivity contribution in [3.8, 4) is 0 Å². The van der Waals surface area contributed by atoms with Gasteiger partial charge in [-0.15, -0.1) is 0 Å². The Morgan fingerprint density at radius 1 is 1.35 bits per heavy atom. The predicted octanol–water partition coefficient (Wildman–Crippen LogP) is 1.60. The molecule has 6 nitrogen and oxygen atoms in total. The van der Waals surface area contributed by atoms with Crippen LogP contribution in [-0.4, -0.2) is 43.1 Å². The summed E-state index contributed by atoms with van der Waals surface area (Å²) in [6.07, 6.45) is 2.49. The Morgan fingerprint density at radius 3 is 2.55 bits per heavy atom. The van der Waals surface area contributed by atoms with E-state index in [0.29, 0.717) is 6.54 Å². The molecule has 6 heteroatoms. The number of hydrogen-bond donors (Lipinski definition) is 2. The summed E-state index contributed by atoms with van der Waals surface area (Å²) < 4.78 is 0. The monoisotopic (exact) mass is 279 g/mol. The first kappa shape index (κ1) is 16.2. The number of rotatable bonds is 7. The van der Waals surface area contributed by atoms with Crippen LogP contribution in [0.5, 0.6) is 0 Å². The van der Waals surface area contributed by atoms with Gasteiger partial charge in [-0.1, -0.05) is 20.8 Å². The molecule has 1 heterocycles. The minimum absolute atomic E-state index is 0.0159. The molecule has 2 N–H and O–H groups in total. The molecule has 0 spiro atoms. The van der Waals surface area contributed by atoms with E-state index in [4.69, 9.17) is 0 Å². The van der Waals surface area contributed by atoms with Crippen molar-refractivity contribution in [2.75, 3.05) is 37.4 Å². The number of nitrogens with zero attached hydrogens (tertiary/aromatic N) is 3. The maximum absolute atomic E-state index is 11.7. The molecule has 0 saturated heterocycles. The maximum atomic E-state index is 11.7. The molecule has 1 aromatic heterocycles. The highest BCUT2D eigenvalue weighted by atomic mass is 16.1. The summed E-state index contributed by atoms with van der Waals surface area (Å²) in [4.78, 5) is 22.4. The zero-order valence-electron chi connectivity index (χ0n) is 13.0. The van der Waals surface area contributed by atoms with Crippen LogP contribution in [0.3, 0.4) is 0 Å². The number of carbonyl (C=O) groups excluding carboxylic acids is 1. The smallest absolute Gasteiger partial charge is 0.239 e. The third-order valence-corrected chi connectivity index (χ3v) is 3.08. The van der Waals surface area contributed by atoms with Gasteiger partial charge in [-0.05, 0) is 12.3 Å². The van der Waals surface area contributed by atoms with Crippen LogP contribution < -0.4 is 15.5 Å². The number of amides is 1. The molecule has 0 aromatic carbocycles. The summed E-state index contributed by atoms with van der Waals surface area (Å²) in [5.41, 5.74) is 1.05. The summed E-state index contributed by atoms with van der Waals surface area (Å²) in [6, 6.07) is 0. The van der Waals surface area contributed by atoms with E-state index in [1.165, 1.54) is 0 Å². The molecule has 0 saturated carbocycles. The fourth-order valence-corrected chi connectivity index (χ4v) is 2.15. The minimum Gasteiger partial charge on any atom is -0.373 e. The standard InChI is InChI=1S/C14H25N5O/c1-6-7-19(8-11(20)15-4)14-12(10(2)3)13(16-5)17-9-18-14/h9-10H,6-8H2,1-5H3,(H,15,20)(H,16,17,18). The van der Waals surface area contributed by atoms with Crippen molar-refractivity contribution in [2.45, 2.75) is 33.1 Å². The van der Waals surface area contributed by atoms with Crippen LogP contribution in [0.4, 0.5) is 11.6 Å². The van der Waals surface area contributed by atoms with Gasteiger partial charge in [0.2, 0.25) is 5.91 Å². The predicted molar refractivity (Wildman–Crippen MR) is 82.2 cm³/mol. The fraction of sp³-hybridized carbons (Fsp3) is 0.643. The van der Waals surface area contributed by atoms with Crippen LogP contribution in [0.1, 0.15) is 38.7 Å². The van der Waals surface area contributed by atoms with E-state index in [-0.39, 0.29) is 11.8 Å². The first-order chi connectivity index (χ1) is 9.54. The third-order valence-electron chi connectivity index (χ3n) is 3.08. The maximum Gasteiger partial charge on any atom is 0.239 e. The molecule has 0 atom stereocenters. The number of likely N-dealkylation sites (N-methyl/N-ethyl adjacent to an activating group) is 1. The Morgan fingerprint density at radius 2 is 2.05 bits per heavy atom. The lowest BCUT2D eigenvalue weighted by atomic mass is 10.0. The van der Waals surface area contributed by atoms with E-state index in [1.807, 2.05) is 11.9 Å². The minimum atomic E-state index is -0.0159. The molecule has 20 heavy (non-hydrogen) atoms. The average molecular weight is 279 g/mol. The van der Waals surface area contributed by atoms with E-state index in [0.717, 1.165) is 30.2 Å². The van der Waals surface area contributed by atoms with E-state index in [1.54, 1.807) is 13.4 Å². The van der Waals surface area contributed by atoms with Crippen molar-refractivity contribution in [2.24, 2.45) is 0 Å². The summed E-state index contributed by atoms with van der Waals surface area (Å²) in [5, 5.41) is 5.76. The second kappa shape index (κ2) is 7.67. The highest BCUT2D eigenvalue weighted by molar-refractivity contribution is 5.81. The average Bonchev–Trinajstić information content (AvgIpc) is 2.45. The third kappa shape index (κ3) is 3.82. The van der Waals surface area contributed by atoms with Gasteiger partial charge in [-0.2, -0.15) is 0 Å². The van der Waals surface area contributed by atoms with Crippen LogP contribution >= 0.6 is 0 Å². The normalized spacial score (nSPS) is 10.5. The molecule has 1 rings (SSSR count). The van der Waals surface area contributed by atoms with Gasteiger partial charge in [0.05, 0.1) is 6.54 Å². The van der Waals surface area contributed by atoms with Gasteiger partial charge in [0, 0.05) is 26.2 Å². The topological polar surface area (TPSA) is 70.2 Å². The molecular formula is C14H25N5O. The first-order valence-electron chi connectivity index (χ1n) is 7.03. The van der Waals surface area contributed by atoms with E-state index >= 15 is 0 Å². The number of hydrogen-bond acceptors (Lipinski definition) is 5.